The van der Waals surface area contributed by atoms with Crippen LogP contribution >= 0.6 is 0 Å². The molecule has 0 bridgehead atoms. The Bertz CT molecular complexity index is 383. The molecule has 1 N–H and O–H groups in total. The number of hydrogen-bond donors (Lipinski definition) is 1. The summed E-state index contributed by atoms with van der Waals surface area (Å²) in [6, 6.07) is 5.96. The molecule has 1 unspecified atom stereocenters. The number of ether oxygens (including phenoxy) is 2. The van der Waals surface area contributed by atoms with E-state index in [4.69, 9.17) is 9.47 Å². The van der Waals surface area contributed by atoms with E-state index in [9.17, 15) is 5.11 Å². The third kappa shape index (κ3) is 2.61. The van der Waals surface area contributed by atoms with E-state index in [0.29, 0.717) is 5.92 Å². The number of rotatable bonds is 5. The quantitative estimate of drug-likeness (QED) is 0.873. The molecule has 2 rings (SSSR count). The lowest BCUT2D eigenvalue weighted by atomic mass is 9.85. The van der Waals surface area contributed by atoms with Gasteiger partial charge < -0.3 is 14.6 Å². The summed E-state index contributed by atoms with van der Waals surface area (Å²) >= 11 is 0. The van der Waals surface area contributed by atoms with Gasteiger partial charge in [0.1, 0.15) is 0 Å². The summed E-state index contributed by atoms with van der Waals surface area (Å²) < 4.78 is 10.6. The second-order valence-corrected chi connectivity index (χ2v) is 4.95. The fourth-order valence-corrected chi connectivity index (χ4v) is 2.97. The Morgan fingerprint density at radius 2 is 1.83 bits per heavy atom. The molecule has 0 amide bonds. The number of methoxy groups -OCH3 is 2. The van der Waals surface area contributed by atoms with Gasteiger partial charge in [-0.1, -0.05) is 18.9 Å². The summed E-state index contributed by atoms with van der Waals surface area (Å²) in [6.07, 6.45) is 5.02. The Kier molecular flexibility index (Phi) is 4.48. The van der Waals surface area contributed by atoms with Crippen LogP contribution in [0, 0.1) is 5.92 Å². The molecule has 1 aromatic carbocycles. The van der Waals surface area contributed by atoms with Gasteiger partial charge in [0.15, 0.2) is 11.5 Å². The van der Waals surface area contributed by atoms with Gasteiger partial charge >= 0.3 is 0 Å². The van der Waals surface area contributed by atoms with Gasteiger partial charge in [-0.2, -0.15) is 0 Å². The predicted molar refractivity (Wildman–Crippen MR) is 71.3 cm³/mol. The lowest BCUT2D eigenvalue weighted by molar-refractivity contribution is 0.225. The van der Waals surface area contributed by atoms with E-state index in [0.717, 1.165) is 17.1 Å². The molecule has 1 atom stereocenters. The molecule has 0 heterocycles. The predicted octanol–water partition coefficient (Wildman–Crippen LogP) is 2.97. The first-order valence-corrected chi connectivity index (χ1v) is 6.63. The standard InChI is InChI=1S/C15H22O3/c1-17-14-8-7-12(9-15(14)18-2)13(10-16)11-5-3-4-6-11/h7-9,11,13,16H,3-6,10H2,1-2H3. The van der Waals surface area contributed by atoms with Crippen LogP contribution < -0.4 is 9.47 Å². The Labute approximate surface area is 109 Å². The Balaban J connectivity index is 2.24. The maximum absolute atomic E-state index is 9.66. The van der Waals surface area contributed by atoms with Gasteiger partial charge in [-0.15, -0.1) is 0 Å². The molecule has 1 aliphatic carbocycles. The smallest absolute Gasteiger partial charge is 0.160 e. The number of aliphatic hydroxyl groups excluding tert-OH is 1. The van der Waals surface area contributed by atoms with Gasteiger partial charge in [0.2, 0.25) is 0 Å². The van der Waals surface area contributed by atoms with Crippen molar-refractivity contribution in [2.24, 2.45) is 5.92 Å². The largest absolute Gasteiger partial charge is 0.493 e. The Hall–Kier alpha value is -1.22. The molecule has 3 nitrogen and oxygen atoms in total. The zero-order valence-corrected chi connectivity index (χ0v) is 11.2. The summed E-state index contributed by atoms with van der Waals surface area (Å²) in [5.74, 6) is 2.32. The van der Waals surface area contributed by atoms with Crippen molar-refractivity contribution in [2.75, 3.05) is 20.8 Å². The summed E-state index contributed by atoms with van der Waals surface area (Å²) in [5, 5.41) is 9.66. The lowest BCUT2D eigenvalue weighted by Gasteiger charge is -2.22. The molecular weight excluding hydrogens is 228 g/mol. The molecule has 0 radical (unpaired) electrons. The highest BCUT2D eigenvalue weighted by Gasteiger charge is 2.26. The molecule has 0 aromatic heterocycles. The Morgan fingerprint density at radius 3 is 2.39 bits per heavy atom. The van der Waals surface area contributed by atoms with E-state index >= 15 is 0 Å². The van der Waals surface area contributed by atoms with Gasteiger partial charge in [0.05, 0.1) is 20.8 Å². The minimum atomic E-state index is 0.208. The lowest BCUT2D eigenvalue weighted by Crippen LogP contribution is -2.14. The normalized spacial score (nSPS) is 17.7. The van der Waals surface area contributed by atoms with Crippen LogP contribution in [0.5, 0.6) is 11.5 Å². The molecular formula is C15H22O3. The minimum absolute atomic E-state index is 0.208. The van der Waals surface area contributed by atoms with Crippen LogP contribution in [0.4, 0.5) is 0 Å². The van der Waals surface area contributed by atoms with Crippen molar-refractivity contribution in [3.8, 4) is 11.5 Å². The molecule has 1 saturated carbocycles. The minimum Gasteiger partial charge on any atom is -0.493 e. The van der Waals surface area contributed by atoms with Crippen LogP contribution in [-0.2, 0) is 0 Å². The molecule has 1 aliphatic rings. The fraction of sp³-hybridized carbons (Fsp3) is 0.600. The molecule has 1 fully saturated rings. The van der Waals surface area contributed by atoms with Crippen molar-refractivity contribution >= 4 is 0 Å². The van der Waals surface area contributed by atoms with Crippen LogP contribution in [0.25, 0.3) is 0 Å². The first-order chi connectivity index (χ1) is 8.80. The molecule has 18 heavy (non-hydrogen) atoms. The highest BCUT2D eigenvalue weighted by molar-refractivity contribution is 5.44. The van der Waals surface area contributed by atoms with Crippen LogP contribution in [0.2, 0.25) is 0 Å². The van der Waals surface area contributed by atoms with E-state index in [2.05, 4.69) is 0 Å². The van der Waals surface area contributed by atoms with E-state index in [1.54, 1.807) is 14.2 Å². The van der Waals surface area contributed by atoms with Crippen LogP contribution in [-0.4, -0.2) is 25.9 Å². The van der Waals surface area contributed by atoms with E-state index in [-0.39, 0.29) is 12.5 Å². The van der Waals surface area contributed by atoms with E-state index < -0.39 is 0 Å². The summed E-state index contributed by atoms with van der Waals surface area (Å²) in [6.45, 7) is 0.208. The SMILES string of the molecule is COc1ccc(C(CO)C2CCCC2)cc1OC. The molecule has 1 aromatic rings. The first-order valence-electron chi connectivity index (χ1n) is 6.63. The second-order valence-electron chi connectivity index (χ2n) is 4.95. The zero-order valence-electron chi connectivity index (χ0n) is 11.2. The second kappa shape index (κ2) is 6.10. The van der Waals surface area contributed by atoms with E-state index in [1.807, 2.05) is 18.2 Å². The summed E-state index contributed by atoms with van der Waals surface area (Å²) in [5.41, 5.74) is 1.15. The van der Waals surface area contributed by atoms with Gasteiger partial charge in [0, 0.05) is 5.92 Å². The average Bonchev–Trinajstić information content (AvgIpc) is 2.93. The molecule has 0 saturated heterocycles. The van der Waals surface area contributed by atoms with Crippen LogP contribution in [0.1, 0.15) is 37.2 Å². The van der Waals surface area contributed by atoms with Crippen molar-refractivity contribution < 1.29 is 14.6 Å². The number of benzene rings is 1. The Morgan fingerprint density at radius 1 is 1.17 bits per heavy atom. The summed E-state index contributed by atoms with van der Waals surface area (Å²) in [7, 11) is 3.28. The van der Waals surface area contributed by atoms with Crippen molar-refractivity contribution in [1.82, 2.24) is 0 Å². The third-order valence-electron chi connectivity index (χ3n) is 4.00. The van der Waals surface area contributed by atoms with E-state index in [1.165, 1.54) is 25.7 Å². The average molecular weight is 250 g/mol. The monoisotopic (exact) mass is 250 g/mol. The van der Waals surface area contributed by atoms with Crippen molar-refractivity contribution in [1.29, 1.82) is 0 Å². The number of aliphatic hydroxyl groups is 1. The third-order valence-corrected chi connectivity index (χ3v) is 4.00. The van der Waals surface area contributed by atoms with Gasteiger partial charge in [0.25, 0.3) is 0 Å². The first kappa shape index (κ1) is 13.2. The topological polar surface area (TPSA) is 38.7 Å². The van der Waals surface area contributed by atoms with Gasteiger partial charge in [-0.25, -0.2) is 0 Å². The highest BCUT2D eigenvalue weighted by Crippen LogP contribution is 2.39. The zero-order chi connectivity index (χ0) is 13.0. The summed E-state index contributed by atoms with van der Waals surface area (Å²) in [4.78, 5) is 0. The molecule has 0 aliphatic heterocycles. The van der Waals surface area contributed by atoms with Gasteiger partial charge in [-0.3, -0.25) is 0 Å². The maximum Gasteiger partial charge on any atom is 0.160 e. The van der Waals surface area contributed by atoms with Crippen LogP contribution in [0.3, 0.4) is 0 Å². The van der Waals surface area contributed by atoms with Crippen molar-refractivity contribution in [3.05, 3.63) is 23.8 Å². The number of hydrogen-bond acceptors (Lipinski definition) is 3. The van der Waals surface area contributed by atoms with Gasteiger partial charge in [-0.05, 0) is 36.5 Å². The van der Waals surface area contributed by atoms with Crippen molar-refractivity contribution in [3.63, 3.8) is 0 Å². The molecule has 3 heteroatoms. The molecule has 100 valence electrons. The van der Waals surface area contributed by atoms with Crippen molar-refractivity contribution in [2.45, 2.75) is 31.6 Å². The van der Waals surface area contributed by atoms with Crippen LogP contribution in [0.15, 0.2) is 18.2 Å². The molecule has 0 spiro atoms. The fourth-order valence-electron chi connectivity index (χ4n) is 2.97. The maximum atomic E-state index is 9.66. The highest BCUT2D eigenvalue weighted by atomic mass is 16.5.